The number of hydrogen-bond acceptors (Lipinski definition) is 3. The molecule has 2 unspecified atom stereocenters. The van der Waals surface area contributed by atoms with Crippen LogP contribution in [-0.2, 0) is 4.79 Å². The summed E-state index contributed by atoms with van der Waals surface area (Å²) in [6.07, 6.45) is 7.16. The highest BCUT2D eigenvalue weighted by atomic mass is 16.5. The van der Waals surface area contributed by atoms with Crippen LogP contribution in [0.1, 0.15) is 49.4 Å². The molecule has 2 heterocycles. The van der Waals surface area contributed by atoms with Gasteiger partial charge in [-0.15, -0.1) is 0 Å². The second kappa shape index (κ2) is 6.97. The molecular weight excluding hydrogens is 350 g/mol. The van der Waals surface area contributed by atoms with Crippen molar-refractivity contribution in [2.45, 2.75) is 38.1 Å². The van der Waals surface area contributed by atoms with Crippen LogP contribution in [0.15, 0.2) is 48.8 Å². The summed E-state index contributed by atoms with van der Waals surface area (Å²) in [7, 11) is 0. The van der Waals surface area contributed by atoms with E-state index < -0.39 is 0 Å². The third-order valence-electron chi connectivity index (χ3n) is 5.88. The van der Waals surface area contributed by atoms with Gasteiger partial charge in [-0.25, -0.2) is 0 Å². The molecule has 2 aliphatic carbocycles. The molecule has 3 atom stereocenters. The van der Waals surface area contributed by atoms with Gasteiger partial charge in [-0.3, -0.25) is 9.78 Å². The van der Waals surface area contributed by atoms with Gasteiger partial charge in [0.2, 0.25) is 5.91 Å². The molecule has 2 aromatic heterocycles. The zero-order chi connectivity index (χ0) is 19.1. The highest BCUT2D eigenvalue weighted by molar-refractivity contribution is 5.84. The Morgan fingerprint density at radius 1 is 1.29 bits per heavy atom. The number of nitrogens with one attached hydrogen (secondary N) is 2. The monoisotopic (exact) mass is 375 g/mol. The highest BCUT2D eigenvalue weighted by Crippen LogP contribution is 2.48. The lowest BCUT2D eigenvalue weighted by Crippen LogP contribution is -2.28. The first-order valence-corrected chi connectivity index (χ1v) is 10.1. The van der Waals surface area contributed by atoms with E-state index in [-0.39, 0.29) is 17.9 Å². The van der Waals surface area contributed by atoms with Crippen LogP contribution in [0.3, 0.4) is 0 Å². The summed E-state index contributed by atoms with van der Waals surface area (Å²) >= 11 is 0. The quantitative estimate of drug-likeness (QED) is 0.646. The maximum Gasteiger partial charge on any atom is 0.224 e. The molecule has 5 rings (SSSR count). The highest BCUT2D eigenvalue weighted by Gasteiger charge is 2.44. The van der Waals surface area contributed by atoms with Crippen molar-refractivity contribution in [3.63, 3.8) is 0 Å². The molecular formula is C23H25N3O2. The zero-order valence-corrected chi connectivity index (χ0v) is 16.0. The minimum absolute atomic E-state index is 0.0519. The molecule has 0 aliphatic heterocycles. The van der Waals surface area contributed by atoms with Crippen LogP contribution in [-0.4, -0.2) is 22.5 Å². The number of H-pyrrole nitrogens is 1. The van der Waals surface area contributed by atoms with Gasteiger partial charge in [0.05, 0.1) is 24.5 Å². The van der Waals surface area contributed by atoms with Gasteiger partial charge in [0.25, 0.3) is 0 Å². The van der Waals surface area contributed by atoms with Crippen LogP contribution < -0.4 is 10.1 Å². The van der Waals surface area contributed by atoms with Crippen molar-refractivity contribution in [2.75, 3.05) is 6.61 Å². The van der Waals surface area contributed by atoms with Gasteiger partial charge < -0.3 is 15.0 Å². The van der Waals surface area contributed by atoms with Crippen LogP contribution >= 0.6 is 0 Å². The number of aromatic amines is 1. The lowest BCUT2D eigenvalue weighted by atomic mass is 10.1. The number of ether oxygens (including phenoxy) is 1. The first-order valence-electron chi connectivity index (χ1n) is 10.1. The average molecular weight is 375 g/mol. The summed E-state index contributed by atoms with van der Waals surface area (Å²) < 4.78 is 5.73. The van der Waals surface area contributed by atoms with Gasteiger partial charge in [0.1, 0.15) is 5.75 Å². The second-order valence-corrected chi connectivity index (χ2v) is 8.18. The normalized spacial score (nSPS) is 22.0. The van der Waals surface area contributed by atoms with E-state index in [4.69, 9.17) is 4.74 Å². The van der Waals surface area contributed by atoms with Gasteiger partial charge in [-0.1, -0.05) is 12.1 Å². The Bertz CT molecular complexity index is 991. The number of carbonyl (C=O) groups is 1. The molecule has 2 N–H and O–H groups in total. The molecule has 5 heteroatoms. The van der Waals surface area contributed by atoms with E-state index in [1.54, 1.807) is 6.20 Å². The lowest BCUT2D eigenvalue weighted by Gasteiger charge is -2.14. The number of rotatable bonds is 7. The smallest absolute Gasteiger partial charge is 0.224 e. The summed E-state index contributed by atoms with van der Waals surface area (Å²) in [5.41, 5.74) is 3.22. The van der Waals surface area contributed by atoms with Crippen molar-refractivity contribution in [1.82, 2.24) is 15.3 Å². The summed E-state index contributed by atoms with van der Waals surface area (Å²) in [5, 5.41) is 4.32. The van der Waals surface area contributed by atoms with E-state index in [0.717, 1.165) is 35.9 Å². The standard InChI is InChI=1S/C23H25N3O2/c1-14(21-7-6-18(12-25-21)28-13-15-2-3-15)26-23(27)20-11-19(20)17-5-4-16-8-9-24-22(16)10-17/h4-10,12,14-15,19-20,24H,2-3,11,13H2,1H3,(H,26,27)/t14-,19?,20?/m1/s1. The number of amides is 1. The number of pyridine rings is 1. The van der Waals surface area contributed by atoms with E-state index in [9.17, 15) is 4.79 Å². The van der Waals surface area contributed by atoms with Crippen LogP contribution in [0.25, 0.3) is 10.9 Å². The maximum atomic E-state index is 12.7. The fourth-order valence-corrected chi connectivity index (χ4v) is 3.78. The molecule has 2 aliphatic rings. The Kier molecular flexibility index (Phi) is 4.30. The average Bonchev–Trinajstić information content (AvgIpc) is 3.63. The van der Waals surface area contributed by atoms with Crippen molar-refractivity contribution < 1.29 is 9.53 Å². The van der Waals surface area contributed by atoms with Crippen LogP contribution in [0.2, 0.25) is 0 Å². The Labute approximate surface area is 164 Å². The van der Waals surface area contributed by atoms with E-state index in [1.165, 1.54) is 23.8 Å². The molecule has 5 nitrogen and oxygen atoms in total. The van der Waals surface area contributed by atoms with E-state index in [1.807, 2.05) is 25.3 Å². The van der Waals surface area contributed by atoms with Crippen LogP contribution in [0, 0.1) is 11.8 Å². The molecule has 2 saturated carbocycles. The SMILES string of the molecule is C[C@@H](NC(=O)C1CC1c1ccc2cc[nH]c2c1)c1ccc(OCC2CC2)cn1. The molecule has 28 heavy (non-hydrogen) atoms. The van der Waals surface area contributed by atoms with Gasteiger partial charge in [0.15, 0.2) is 0 Å². The number of nitrogens with zero attached hydrogens (tertiary/aromatic N) is 1. The van der Waals surface area contributed by atoms with Crippen molar-refractivity contribution in [2.24, 2.45) is 11.8 Å². The number of hydrogen-bond donors (Lipinski definition) is 2. The van der Waals surface area contributed by atoms with E-state index in [2.05, 4.69) is 39.6 Å². The molecule has 1 aromatic carbocycles. The van der Waals surface area contributed by atoms with Crippen LogP contribution in [0.4, 0.5) is 0 Å². The summed E-state index contributed by atoms with van der Waals surface area (Å²) in [4.78, 5) is 20.4. The first kappa shape index (κ1) is 17.3. The van der Waals surface area contributed by atoms with Crippen molar-refractivity contribution in [3.05, 3.63) is 60.0 Å². The zero-order valence-electron chi connectivity index (χ0n) is 16.0. The van der Waals surface area contributed by atoms with Crippen molar-refractivity contribution in [1.29, 1.82) is 0 Å². The number of carbonyl (C=O) groups excluding carboxylic acids is 1. The molecule has 144 valence electrons. The predicted octanol–water partition coefficient (Wildman–Crippen LogP) is 4.33. The Hall–Kier alpha value is -2.82. The van der Waals surface area contributed by atoms with Crippen LogP contribution in [0.5, 0.6) is 5.75 Å². The lowest BCUT2D eigenvalue weighted by molar-refractivity contribution is -0.123. The molecule has 0 bridgehead atoms. The Morgan fingerprint density at radius 2 is 2.18 bits per heavy atom. The summed E-state index contributed by atoms with van der Waals surface area (Å²) in [5.74, 6) is 2.00. The minimum atomic E-state index is -0.114. The Balaban J connectivity index is 1.17. The maximum absolute atomic E-state index is 12.7. The van der Waals surface area contributed by atoms with Gasteiger partial charge in [-0.2, -0.15) is 0 Å². The van der Waals surface area contributed by atoms with Gasteiger partial charge in [-0.05, 0) is 73.2 Å². The van der Waals surface area contributed by atoms with Crippen molar-refractivity contribution in [3.8, 4) is 5.75 Å². The number of fused-ring (bicyclic) bond motifs is 1. The number of aromatic nitrogens is 2. The predicted molar refractivity (Wildman–Crippen MR) is 108 cm³/mol. The molecule has 0 spiro atoms. The molecule has 3 aromatic rings. The van der Waals surface area contributed by atoms with E-state index >= 15 is 0 Å². The molecule has 0 saturated heterocycles. The second-order valence-electron chi connectivity index (χ2n) is 8.18. The topological polar surface area (TPSA) is 67.0 Å². The molecule has 1 amide bonds. The summed E-state index contributed by atoms with van der Waals surface area (Å²) in [6, 6.07) is 12.3. The fraction of sp³-hybridized carbons (Fsp3) is 0.391. The van der Waals surface area contributed by atoms with Gasteiger partial charge in [0, 0.05) is 17.6 Å². The largest absolute Gasteiger partial charge is 0.492 e. The third-order valence-corrected chi connectivity index (χ3v) is 5.88. The van der Waals surface area contributed by atoms with Crippen molar-refractivity contribution >= 4 is 16.8 Å². The Morgan fingerprint density at radius 3 is 2.96 bits per heavy atom. The van der Waals surface area contributed by atoms with Gasteiger partial charge >= 0.3 is 0 Å². The first-order chi connectivity index (χ1) is 13.7. The third kappa shape index (κ3) is 3.61. The molecule has 2 fully saturated rings. The fourth-order valence-electron chi connectivity index (χ4n) is 3.78. The number of benzene rings is 1. The minimum Gasteiger partial charge on any atom is -0.492 e. The summed E-state index contributed by atoms with van der Waals surface area (Å²) in [6.45, 7) is 2.76. The van der Waals surface area contributed by atoms with E-state index in [0.29, 0.717) is 5.92 Å². The molecule has 0 radical (unpaired) electrons.